The van der Waals surface area contributed by atoms with Gasteiger partial charge in [0.05, 0.1) is 17.3 Å². The van der Waals surface area contributed by atoms with Crippen LogP contribution in [0.15, 0.2) is 11.0 Å². The number of aromatic nitrogens is 2. The maximum atomic E-state index is 12.4. The first kappa shape index (κ1) is 14.9. The van der Waals surface area contributed by atoms with E-state index in [4.69, 9.17) is 16.3 Å². The van der Waals surface area contributed by atoms with Crippen LogP contribution in [-0.4, -0.2) is 29.0 Å². The molecule has 1 aliphatic carbocycles. The second-order valence-electron chi connectivity index (χ2n) is 6.00. The lowest BCUT2D eigenvalue weighted by atomic mass is 10.1. The lowest BCUT2D eigenvalue weighted by Gasteiger charge is -2.22. The van der Waals surface area contributed by atoms with E-state index in [9.17, 15) is 4.79 Å². The van der Waals surface area contributed by atoms with Gasteiger partial charge in [-0.2, -0.15) is 5.10 Å². The summed E-state index contributed by atoms with van der Waals surface area (Å²) in [5, 5.41) is 7.70. The zero-order chi connectivity index (χ0) is 14.7. The molecule has 0 radical (unpaired) electrons. The van der Waals surface area contributed by atoms with Gasteiger partial charge in [-0.3, -0.25) is 4.79 Å². The molecular weight excluding hydrogens is 290 g/mol. The molecule has 1 saturated heterocycles. The van der Waals surface area contributed by atoms with Crippen molar-refractivity contribution in [3.05, 3.63) is 21.6 Å². The third-order valence-corrected chi connectivity index (χ3v) is 4.45. The van der Waals surface area contributed by atoms with Crippen LogP contribution in [0.5, 0.6) is 0 Å². The molecule has 1 aliphatic heterocycles. The number of anilines is 1. The smallest absolute Gasteiger partial charge is 0.291 e. The Labute approximate surface area is 129 Å². The van der Waals surface area contributed by atoms with Gasteiger partial charge in [-0.05, 0) is 44.4 Å². The number of nitrogens with zero attached hydrogens (tertiary/aromatic N) is 2. The summed E-state index contributed by atoms with van der Waals surface area (Å²) in [5.41, 5.74) is 0.363. The van der Waals surface area contributed by atoms with Crippen LogP contribution in [0, 0.1) is 5.92 Å². The van der Waals surface area contributed by atoms with Gasteiger partial charge in [-0.15, -0.1) is 0 Å². The summed E-state index contributed by atoms with van der Waals surface area (Å²) in [7, 11) is 0. The maximum absolute atomic E-state index is 12.4. The molecule has 2 heterocycles. The summed E-state index contributed by atoms with van der Waals surface area (Å²) < 4.78 is 7.22. The van der Waals surface area contributed by atoms with Crippen molar-refractivity contribution in [3.8, 4) is 0 Å². The summed E-state index contributed by atoms with van der Waals surface area (Å²) in [6, 6.07) is 0. The Hall–Kier alpha value is -1.07. The molecule has 1 atom stereocenters. The van der Waals surface area contributed by atoms with Crippen LogP contribution in [0.3, 0.4) is 0 Å². The van der Waals surface area contributed by atoms with Crippen LogP contribution in [0.1, 0.15) is 38.5 Å². The van der Waals surface area contributed by atoms with Crippen LogP contribution >= 0.6 is 11.6 Å². The Morgan fingerprint density at radius 3 is 2.95 bits per heavy atom. The first-order valence-corrected chi connectivity index (χ1v) is 8.23. The Kier molecular flexibility index (Phi) is 4.80. The zero-order valence-corrected chi connectivity index (χ0v) is 12.9. The monoisotopic (exact) mass is 311 g/mol. The van der Waals surface area contributed by atoms with Crippen LogP contribution < -0.4 is 10.9 Å². The van der Waals surface area contributed by atoms with Crippen molar-refractivity contribution < 1.29 is 4.74 Å². The predicted molar refractivity (Wildman–Crippen MR) is 82.9 cm³/mol. The Morgan fingerprint density at radius 2 is 2.24 bits per heavy atom. The van der Waals surface area contributed by atoms with Gasteiger partial charge in [0.15, 0.2) is 0 Å². The maximum Gasteiger partial charge on any atom is 0.291 e. The van der Waals surface area contributed by atoms with Crippen molar-refractivity contribution in [2.45, 2.75) is 51.2 Å². The van der Waals surface area contributed by atoms with Crippen LogP contribution in [0.25, 0.3) is 0 Å². The molecule has 0 spiro atoms. The average Bonchev–Trinajstić information content (AvgIpc) is 3.31. The summed E-state index contributed by atoms with van der Waals surface area (Å²) in [6.07, 6.45) is 8.65. The number of halogens is 1. The normalized spacial score (nSPS) is 22.2. The molecule has 3 rings (SSSR count). The Morgan fingerprint density at radius 1 is 1.38 bits per heavy atom. The third kappa shape index (κ3) is 3.98. The average molecular weight is 312 g/mol. The van der Waals surface area contributed by atoms with Crippen molar-refractivity contribution in [3.63, 3.8) is 0 Å². The van der Waals surface area contributed by atoms with Gasteiger partial charge < -0.3 is 10.1 Å². The van der Waals surface area contributed by atoms with E-state index < -0.39 is 0 Å². The van der Waals surface area contributed by atoms with E-state index in [-0.39, 0.29) is 5.56 Å². The van der Waals surface area contributed by atoms with E-state index in [2.05, 4.69) is 10.4 Å². The van der Waals surface area contributed by atoms with Crippen molar-refractivity contribution in [2.75, 3.05) is 18.5 Å². The van der Waals surface area contributed by atoms with E-state index in [1.807, 2.05) is 0 Å². The van der Waals surface area contributed by atoms with Gasteiger partial charge in [0, 0.05) is 19.7 Å². The molecule has 1 N–H and O–H groups in total. The number of nitrogens with one attached hydrogen (secondary N) is 1. The number of hydrogen-bond donors (Lipinski definition) is 1. The predicted octanol–water partition coefficient (Wildman–Crippen LogP) is 2.68. The highest BCUT2D eigenvalue weighted by molar-refractivity contribution is 6.32. The standard InChI is InChI=1S/C15H22ClN3O2/c16-13-9-18-19(10-11-4-5-11)15(20)14(13)17-7-6-12-3-1-2-8-21-12/h9,11-12,17H,1-8,10H2. The van der Waals surface area contributed by atoms with Crippen LogP contribution in [0.2, 0.25) is 5.02 Å². The second kappa shape index (κ2) is 6.79. The zero-order valence-electron chi connectivity index (χ0n) is 12.2. The molecule has 1 saturated carbocycles. The molecular formula is C15H22ClN3O2. The van der Waals surface area contributed by atoms with Gasteiger partial charge in [0.2, 0.25) is 0 Å². The third-order valence-electron chi connectivity index (χ3n) is 4.17. The van der Waals surface area contributed by atoms with E-state index in [0.29, 0.717) is 35.8 Å². The van der Waals surface area contributed by atoms with Gasteiger partial charge in [0.25, 0.3) is 5.56 Å². The summed E-state index contributed by atoms with van der Waals surface area (Å²) >= 11 is 6.11. The first-order valence-electron chi connectivity index (χ1n) is 7.85. The summed E-state index contributed by atoms with van der Waals surface area (Å²) in [5.74, 6) is 0.611. The van der Waals surface area contributed by atoms with Gasteiger partial charge >= 0.3 is 0 Å². The van der Waals surface area contributed by atoms with Crippen molar-refractivity contribution in [2.24, 2.45) is 5.92 Å². The van der Waals surface area contributed by atoms with Gasteiger partial charge in [0.1, 0.15) is 5.69 Å². The number of ether oxygens (including phenoxy) is 1. The quantitative estimate of drug-likeness (QED) is 0.877. The molecule has 0 amide bonds. The lowest BCUT2D eigenvalue weighted by Crippen LogP contribution is -2.28. The lowest BCUT2D eigenvalue weighted by molar-refractivity contribution is 0.0134. The first-order chi connectivity index (χ1) is 10.2. The van der Waals surface area contributed by atoms with E-state index in [0.717, 1.165) is 25.9 Å². The van der Waals surface area contributed by atoms with Gasteiger partial charge in [-0.1, -0.05) is 11.6 Å². The topological polar surface area (TPSA) is 56.1 Å². The molecule has 1 unspecified atom stereocenters. The minimum Gasteiger partial charge on any atom is -0.379 e. The van der Waals surface area contributed by atoms with Crippen molar-refractivity contribution >= 4 is 17.3 Å². The van der Waals surface area contributed by atoms with Crippen molar-refractivity contribution in [1.82, 2.24) is 9.78 Å². The highest BCUT2D eigenvalue weighted by atomic mass is 35.5. The molecule has 1 aromatic heterocycles. The van der Waals surface area contributed by atoms with Crippen molar-refractivity contribution in [1.29, 1.82) is 0 Å². The fourth-order valence-electron chi connectivity index (χ4n) is 2.70. The Bertz CT molecular complexity index is 536. The van der Waals surface area contributed by atoms with E-state index in [1.54, 1.807) is 6.20 Å². The minimum absolute atomic E-state index is 0.112. The fourth-order valence-corrected chi connectivity index (χ4v) is 2.89. The second-order valence-corrected chi connectivity index (χ2v) is 6.41. The fraction of sp³-hybridized carbons (Fsp3) is 0.733. The summed E-state index contributed by atoms with van der Waals surface area (Å²) in [4.78, 5) is 12.4. The highest BCUT2D eigenvalue weighted by Gasteiger charge is 2.23. The molecule has 0 aromatic carbocycles. The van der Waals surface area contributed by atoms with Crippen LogP contribution in [-0.2, 0) is 11.3 Å². The molecule has 6 heteroatoms. The van der Waals surface area contributed by atoms with Crippen LogP contribution in [0.4, 0.5) is 5.69 Å². The van der Waals surface area contributed by atoms with E-state index >= 15 is 0 Å². The van der Waals surface area contributed by atoms with Gasteiger partial charge in [-0.25, -0.2) is 4.68 Å². The highest BCUT2D eigenvalue weighted by Crippen LogP contribution is 2.30. The number of hydrogen-bond acceptors (Lipinski definition) is 4. The molecule has 116 valence electrons. The molecule has 5 nitrogen and oxygen atoms in total. The molecule has 0 bridgehead atoms. The number of rotatable bonds is 6. The minimum atomic E-state index is -0.112. The Balaban J connectivity index is 1.59. The largest absolute Gasteiger partial charge is 0.379 e. The molecule has 21 heavy (non-hydrogen) atoms. The SMILES string of the molecule is O=c1c(NCCC2CCCCO2)c(Cl)cnn1CC1CC1. The molecule has 2 fully saturated rings. The molecule has 2 aliphatic rings. The summed E-state index contributed by atoms with van der Waals surface area (Å²) in [6.45, 7) is 2.26. The molecule has 1 aromatic rings. The van der Waals surface area contributed by atoms with E-state index in [1.165, 1.54) is 23.9 Å².